The highest BCUT2D eigenvalue weighted by Crippen LogP contribution is 2.37. The van der Waals surface area contributed by atoms with Crippen LogP contribution < -0.4 is 4.90 Å². The van der Waals surface area contributed by atoms with Gasteiger partial charge in [0.1, 0.15) is 16.8 Å². The number of ether oxygens (including phenoxy) is 1. The van der Waals surface area contributed by atoms with Crippen molar-refractivity contribution in [2.75, 3.05) is 32.1 Å². The van der Waals surface area contributed by atoms with Gasteiger partial charge in [-0.25, -0.2) is 14.8 Å². The molecule has 150 valence electrons. The quantitative estimate of drug-likeness (QED) is 0.667. The van der Waals surface area contributed by atoms with E-state index in [9.17, 15) is 10.1 Å². The molecular weight excluding hydrogens is 398 g/mol. The number of aromatic nitrogens is 2. The summed E-state index contributed by atoms with van der Waals surface area (Å²) < 4.78 is 5.56. The lowest BCUT2D eigenvalue weighted by atomic mass is 10.1. The summed E-state index contributed by atoms with van der Waals surface area (Å²) in [6, 6.07) is 3.77. The summed E-state index contributed by atoms with van der Waals surface area (Å²) in [5.41, 5.74) is 1.15. The summed E-state index contributed by atoms with van der Waals surface area (Å²) in [6.45, 7) is 8.39. The van der Waals surface area contributed by atoms with Crippen molar-refractivity contribution in [3.8, 4) is 16.5 Å². The number of hydrogen-bond acceptors (Lipinski definition) is 7. The van der Waals surface area contributed by atoms with Crippen LogP contribution in [0, 0.1) is 18.3 Å². The van der Waals surface area contributed by atoms with E-state index in [4.69, 9.17) is 16.3 Å². The molecule has 0 aromatic carbocycles. The number of carbonyl (C=O) groups excluding carboxylic acids is 1. The molecule has 0 spiro atoms. The molecule has 9 heteroatoms. The highest BCUT2D eigenvalue weighted by Gasteiger charge is 2.27. The van der Waals surface area contributed by atoms with Gasteiger partial charge in [-0.3, -0.25) is 4.90 Å². The zero-order valence-electron chi connectivity index (χ0n) is 16.9. The zero-order valence-corrected chi connectivity index (χ0v) is 18.5. The minimum atomic E-state index is -0.616. The van der Waals surface area contributed by atoms with E-state index in [0.29, 0.717) is 40.2 Å². The number of aryl methyl sites for hydroxylation is 1. The van der Waals surface area contributed by atoms with Crippen LogP contribution in [0.3, 0.4) is 0 Å². The number of likely N-dealkylation sites (N-methyl/N-ethyl adjacent to an activating group) is 1. The lowest BCUT2D eigenvalue weighted by Crippen LogP contribution is -2.40. The van der Waals surface area contributed by atoms with E-state index in [1.54, 1.807) is 6.07 Å². The fraction of sp³-hybridized carbons (Fsp3) is 0.474. The van der Waals surface area contributed by atoms with E-state index in [0.717, 1.165) is 4.88 Å². The second kappa shape index (κ2) is 8.86. The molecule has 0 bridgehead atoms. The number of rotatable bonds is 5. The van der Waals surface area contributed by atoms with Crippen molar-refractivity contribution in [3.63, 3.8) is 0 Å². The van der Waals surface area contributed by atoms with E-state index >= 15 is 0 Å². The molecule has 2 aromatic rings. The van der Waals surface area contributed by atoms with Crippen molar-refractivity contribution in [3.05, 3.63) is 28.7 Å². The van der Waals surface area contributed by atoms with Crippen LogP contribution in [0.5, 0.6) is 0 Å². The van der Waals surface area contributed by atoms with Crippen LogP contribution in [0.25, 0.3) is 10.4 Å². The first-order chi connectivity index (χ1) is 13.0. The molecule has 0 N–H and O–H groups in total. The van der Waals surface area contributed by atoms with Gasteiger partial charge in [-0.15, -0.1) is 0 Å². The van der Waals surface area contributed by atoms with Crippen molar-refractivity contribution >= 4 is 34.2 Å². The van der Waals surface area contributed by atoms with Crippen molar-refractivity contribution in [1.29, 1.82) is 5.26 Å². The number of halogens is 1. The molecular formula is C19H24ClN5O2S. The van der Waals surface area contributed by atoms with Crippen LogP contribution in [0.1, 0.15) is 32.0 Å². The van der Waals surface area contributed by atoms with Crippen LogP contribution in [-0.4, -0.2) is 53.7 Å². The normalized spacial score (nSPS) is 11.4. The Kier molecular flexibility index (Phi) is 6.99. The van der Waals surface area contributed by atoms with Gasteiger partial charge in [-0.05, 0) is 47.9 Å². The first-order valence-corrected chi connectivity index (χ1v) is 9.90. The van der Waals surface area contributed by atoms with Crippen molar-refractivity contribution in [1.82, 2.24) is 14.9 Å². The number of anilines is 1. The number of hydrogen-bond donors (Lipinski definition) is 0. The Labute approximate surface area is 174 Å². The molecule has 2 heterocycles. The smallest absolute Gasteiger partial charge is 0.416 e. The Morgan fingerprint density at radius 2 is 2.04 bits per heavy atom. The predicted molar refractivity (Wildman–Crippen MR) is 112 cm³/mol. The molecule has 0 aliphatic rings. The van der Waals surface area contributed by atoms with Crippen molar-refractivity contribution in [2.24, 2.45) is 0 Å². The number of amides is 1. The molecule has 7 nitrogen and oxygen atoms in total. The fourth-order valence-corrected chi connectivity index (χ4v) is 3.61. The van der Waals surface area contributed by atoms with E-state index in [-0.39, 0.29) is 0 Å². The SMILES string of the molecule is Cc1nc(N(CCN(C)C)C(=O)OC(C)(C)C)sc1-c1cc(Cl)ncc1C#N. The van der Waals surface area contributed by atoms with Gasteiger partial charge in [-0.1, -0.05) is 22.9 Å². The maximum atomic E-state index is 12.8. The van der Waals surface area contributed by atoms with Gasteiger partial charge < -0.3 is 9.64 Å². The van der Waals surface area contributed by atoms with Crippen LogP contribution in [0.15, 0.2) is 12.3 Å². The number of nitrogens with zero attached hydrogens (tertiary/aromatic N) is 5. The van der Waals surface area contributed by atoms with Crippen molar-refractivity contribution < 1.29 is 9.53 Å². The van der Waals surface area contributed by atoms with Gasteiger partial charge in [-0.2, -0.15) is 5.26 Å². The fourth-order valence-electron chi connectivity index (χ4n) is 2.34. The topological polar surface area (TPSA) is 82.3 Å². The Morgan fingerprint density at radius 1 is 1.36 bits per heavy atom. The molecule has 0 saturated heterocycles. The summed E-state index contributed by atoms with van der Waals surface area (Å²) in [7, 11) is 3.87. The van der Waals surface area contributed by atoms with Gasteiger partial charge in [0.25, 0.3) is 0 Å². The number of thiazole rings is 1. The minimum absolute atomic E-state index is 0.292. The first kappa shape index (κ1) is 22.1. The van der Waals surface area contributed by atoms with Crippen molar-refractivity contribution in [2.45, 2.75) is 33.3 Å². The number of nitriles is 1. The average molecular weight is 422 g/mol. The molecule has 1 amide bonds. The van der Waals surface area contributed by atoms with E-state index in [1.165, 1.54) is 22.4 Å². The second-order valence-electron chi connectivity index (χ2n) is 7.51. The maximum absolute atomic E-state index is 12.8. The Balaban J connectivity index is 2.46. The maximum Gasteiger partial charge on any atom is 0.416 e. The first-order valence-electron chi connectivity index (χ1n) is 8.70. The van der Waals surface area contributed by atoms with Gasteiger partial charge in [0, 0.05) is 24.8 Å². The van der Waals surface area contributed by atoms with E-state index in [2.05, 4.69) is 16.0 Å². The largest absolute Gasteiger partial charge is 0.443 e. The molecule has 0 aliphatic heterocycles. The van der Waals surface area contributed by atoms with Crippen LogP contribution in [0.2, 0.25) is 5.15 Å². The third kappa shape index (κ3) is 5.64. The molecule has 0 saturated carbocycles. The van der Waals surface area contributed by atoms with Crippen LogP contribution in [0.4, 0.5) is 9.93 Å². The third-order valence-electron chi connectivity index (χ3n) is 3.64. The van der Waals surface area contributed by atoms with E-state index in [1.807, 2.05) is 46.7 Å². The lowest BCUT2D eigenvalue weighted by molar-refractivity contribution is 0.0578. The van der Waals surface area contributed by atoms with E-state index < -0.39 is 11.7 Å². The summed E-state index contributed by atoms with van der Waals surface area (Å²) in [4.78, 5) is 25.6. The summed E-state index contributed by atoms with van der Waals surface area (Å²) >= 11 is 7.35. The molecule has 0 fully saturated rings. The van der Waals surface area contributed by atoms with Gasteiger partial charge in [0.2, 0.25) is 0 Å². The molecule has 2 rings (SSSR count). The zero-order chi connectivity index (χ0) is 21.1. The molecule has 0 aliphatic carbocycles. The highest BCUT2D eigenvalue weighted by atomic mass is 35.5. The predicted octanol–water partition coefficient (Wildman–Crippen LogP) is 4.34. The second-order valence-corrected chi connectivity index (χ2v) is 8.88. The average Bonchev–Trinajstić information content (AvgIpc) is 2.94. The summed E-state index contributed by atoms with van der Waals surface area (Å²) in [5.74, 6) is 0. The summed E-state index contributed by atoms with van der Waals surface area (Å²) in [6.07, 6.45) is 0.983. The molecule has 0 radical (unpaired) electrons. The van der Waals surface area contributed by atoms with Gasteiger partial charge in [0.05, 0.1) is 16.1 Å². The summed E-state index contributed by atoms with van der Waals surface area (Å²) in [5, 5.41) is 10.2. The Morgan fingerprint density at radius 3 is 2.61 bits per heavy atom. The standard InChI is InChI=1S/C19H24ClN5O2S/c1-12-16(14-9-15(20)22-11-13(14)10-21)28-17(23-12)25(8-7-24(5)6)18(26)27-19(2,3)4/h9,11H,7-8H2,1-6H3. The lowest BCUT2D eigenvalue weighted by Gasteiger charge is -2.26. The third-order valence-corrected chi connectivity index (χ3v) is 5.06. The molecule has 0 unspecified atom stereocenters. The molecule has 28 heavy (non-hydrogen) atoms. The Bertz CT molecular complexity index is 899. The molecule has 0 atom stereocenters. The number of carbonyl (C=O) groups is 1. The van der Waals surface area contributed by atoms with Crippen LogP contribution >= 0.6 is 22.9 Å². The minimum Gasteiger partial charge on any atom is -0.443 e. The Hall–Kier alpha value is -2.21. The highest BCUT2D eigenvalue weighted by molar-refractivity contribution is 7.19. The van der Waals surface area contributed by atoms with Crippen LogP contribution in [-0.2, 0) is 4.74 Å². The number of pyridine rings is 1. The monoisotopic (exact) mass is 421 g/mol. The van der Waals surface area contributed by atoms with Gasteiger partial charge in [0.15, 0.2) is 5.13 Å². The van der Waals surface area contributed by atoms with Gasteiger partial charge >= 0.3 is 6.09 Å². The molecule has 2 aromatic heterocycles.